The smallest absolute Gasteiger partial charge is 0.337 e. The van der Waals surface area contributed by atoms with E-state index in [0.717, 1.165) is 54.9 Å². The number of nitrogens with zero attached hydrogens (tertiary/aromatic N) is 2. The van der Waals surface area contributed by atoms with Gasteiger partial charge in [-0.3, -0.25) is 4.79 Å². The van der Waals surface area contributed by atoms with E-state index in [4.69, 9.17) is 9.47 Å². The van der Waals surface area contributed by atoms with Crippen LogP contribution in [0.4, 0.5) is 0 Å². The number of fused-ring (bicyclic) bond motifs is 1. The van der Waals surface area contributed by atoms with Crippen molar-refractivity contribution >= 4 is 33.3 Å². The summed E-state index contributed by atoms with van der Waals surface area (Å²) in [5.41, 5.74) is 1.42. The van der Waals surface area contributed by atoms with Gasteiger partial charge in [-0.15, -0.1) is 11.3 Å². The summed E-state index contributed by atoms with van der Waals surface area (Å²) in [4.78, 5) is 31.2. The molecule has 0 atom stereocenters. The maximum absolute atomic E-state index is 12.9. The number of likely N-dealkylation sites (tertiary alicyclic amines) is 1. The van der Waals surface area contributed by atoms with Crippen LogP contribution in [0.5, 0.6) is 5.75 Å². The average Bonchev–Trinajstić information content (AvgIpc) is 3.26. The molecular weight excluding hydrogens is 412 g/mol. The number of thiazole rings is 1. The Morgan fingerprint density at radius 3 is 2.55 bits per heavy atom. The third-order valence-electron chi connectivity index (χ3n) is 5.63. The van der Waals surface area contributed by atoms with Crippen LogP contribution in [-0.4, -0.2) is 55.0 Å². The van der Waals surface area contributed by atoms with Gasteiger partial charge in [0, 0.05) is 12.5 Å². The van der Waals surface area contributed by atoms with Gasteiger partial charge in [0.25, 0.3) is 0 Å². The molecule has 0 saturated carbocycles. The zero-order valence-electron chi connectivity index (χ0n) is 17.6. The highest BCUT2D eigenvalue weighted by atomic mass is 32.1. The normalized spacial score (nSPS) is 15.1. The maximum atomic E-state index is 12.9. The standard InChI is InChI=1S/C24H26N2O4S/c1-29-24(28)18-7-9-19(10-8-18)30-16-4-13-26-14-11-17(12-15-26)22(27)23-25-20-5-2-3-6-21(20)31-23/h2-3,5-10,17H,4,11-16H2,1H3. The number of esters is 1. The lowest BCUT2D eigenvalue weighted by Crippen LogP contribution is -2.37. The second kappa shape index (κ2) is 10.0. The molecule has 0 N–H and O–H groups in total. The zero-order chi connectivity index (χ0) is 21.6. The highest BCUT2D eigenvalue weighted by Crippen LogP contribution is 2.27. The molecule has 1 saturated heterocycles. The summed E-state index contributed by atoms with van der Waals surface area (Å²) in [7, 11) is 1.37. The van der Waals surface area contributed by atoms with E-state index in [-0.39, 0.29) is 17.7 Å². The van der Waals surface area contributed by atoms with Crippen molar-refractivity contribution in [3.8, 4) is 5.75 Å². The summed E-state index contributed by atoms with van der Waals surface area (Å²) in [6, 6.07) is 14.9. The molecule has 2 aromatic carbocycles. The summed E-state index contributed by atoms with van der Waals surface area (Å²) in [5, 5.41) is 0.645. The number of methoxy groups -OCH3 is 1. The summed E-state index contributed by atoms with van der Waals surface area (Å²) in [5.74, 6) is 0.658. The molecule has 31 heavy (non-hydrogen) atoms. The third-order valence-corrected chi connectivity index (χ3v) is 6.68. The largest absolute Gasteiger partial charge is 0.494 e. The van der Waals surface area contributed by atoms with E-state index in [1.54, 1.807) is 24.3 Å². The van der Waals surface area contributed by atoms with E-state index >= 15 is 0 Å². The second-order valence-corrected chi connectivity index (χ2v) is 8.72. The minimum atomic E-state index is -0.350. The first kappa shape index (κ1) is 21.5. The van der Waals surface area contributed by atoms with Crippen LogP contribution in [0.25, 0.3) is 10.2 Å². The van der Waals surface area contributed by atoms with Crippen molar-refractivity contribution in [2.45, 2.75) is 19.3 Å². The molecule has 1 fully saturated rings. The van der Waals surface area contributed by atoms with Crippen LogP contribution in [0.15, 0.2) is 48.5 Å². The number of piperidine rings is 1. The summed E-state index contributed by atoms with van der Waals surface area (Å²) in [6.07, 6.45) is 2.67. The van der Waals surface area contributed by atoms with E-state index in [0.29, 0.717) is 17.2 Å². The summed E-state index contributed by atoms with van der Waals surface area (Å²) in [6.45, 7) is 3.41. The minimum Gasteiger partial charge on any atom is -0.494 e. The SMILES string of the molecule is COC(=O)c1ccc(OCCCN2CCC(C(=O)c3nc4ccccc4s3)CC2)cc1. The lowest BCUT2D eigenvalue weighted by Gasteiger charge is -2.30. The fourth-order valence-corrected chi connectivity index (χ4v) is 4.84. The van der Waals surface area contributed by atoms with E-state index in [2.05, 4.69) is 9.88 Å². The Labute approximate surface area is 185 Å². The van der Waals surface area contributed by atoms with Crippen molar-refractivity contribution in [3.05, 3.63) is 59.1 Å². The molecule has 3 aromatic rings. The van der Waals surface area contributed by atoms with Gasteiger partial charge in [0.1, 0.15) is 5.75 Å². The van der Waals surface area contributed by atoms with Crippen LogP contribution in [0.2, 0.25) is 0 Å². The zero-order valence-corrected chi connectivity index (χ0v) is 18.4. The van der Waals surface area contributed by atoms with Gasteiger partial charge in [0.15, 0.2) is 10.8 Å². The molecule has 6 nitrogen and oxygen atoms in total. The molecule has 1 aliphatic heterocycles. The molecule has 1 aliphatic rings. The van der Waals surface area contributed by atoms with Gasteiger partial charge in [0.05, 0.1) is 29.5 Å². The number of hydrogen-bond acceptors (Lipinski definition) is 7. The number of carbonyl (C=O) groups excluding carboxylic acids is 2. The monoisotopic (exact) mass is 438 g/mol. The van der Waals surface area contributed by atoms with Gasteiger partial charge >= 0.3 is 5.97 Å². The van der Waals surface area contributed by atoms with Crippen LogP contribution < -0.4 is 4.74 Å². The molecule has 7 heteroatoms. The van der Waals surface area contributed by atoms with Crippen LogP contribution in [0.1, 0.15) is 39.4 Å². The molecule has 0 amide bonds. The molecule has 162 valence electrons. The van der Waals surface area contributed by atoms with Crippen LogP contribution >= 0.6 is 11.3 Å². The van der Waals surface area contributed by atoms with Crippen molar-refractivity contribution in [1.29, 1.82) is 0 Å². The van der Waals surface area contributed by atoms with E-state index in [1.165, 1.54) is 18.4 Å². The summed E-state index contributed by atoms with van der Waals surface area (Å²) < 4.78 is 11.5. The first-order valence-corrected chi connectivity index (χ1v) is 11.4. The van der Waals surface area contributed by atoms with Gasteiger partial charge < -0.3 is 14.4 Å². The lowest BCUT2D eigenvalue weighted by atomic mass is 9.92. The van der Waals surface area contributed by atoms with Crippen molar-refractivity contribution in [2.75, 3.05) is 33.4 Å². The van der Waals surface area contributed by atoms with Gasteiger partial charge in [-0.05, 0) is 68.8 Å². The Bertz CT molecular complexity index is 1010. The van der Waals surface area contributed by atoms with Crippen molar-refractivity contribution < 1.29 is 19.1 Å². The highest BCUT2D eigenvalue weighted by Gasteiger charge is 2.27. The lowest BCUT2D eigenvalue weighted by molar-refractivity contribution is 0.0600. The molecule has 4 rings (SSSR count). The van der Waals surface area contributed by atoms with Crippen LogP contribution in [-0.2, 0) is 4.74 Å². The maximum Gasteiger partial charge on any atom is 0.337 e. The minimum absolute atomic E-state index is 0.0707. The van der Waals surface area contributed by atoms with Gasteiger partial charge in [-0.1, -0.05) is 12.1 Å². The van der Waals surface area contributed by atoms with E-state index in [1.807, 2.05) is 24.3 Å². The fraction of sp³-hybridized carbons (Fsp3) is 0.375. The number of ketones is 1. The van der Waals surface area contributed by atoms with Gasteiger partial charge in [-0.25, -0.2) is 9.78 Å². The van der Waals surface area contributed by atoms with Crippen LogP contribution in [0, 0.1) is 5.92 Å². The number of ether oxygens (including phenoxy) is 2. The number of rotatable bonds is 8. The molecule has 0 radical (unpaired) electrons. The number of aromatic nitrogens is 1. The van der Waals surface area contributed by atoms with E-state index < -0.39 is 0 Å². The Hall–Kier alpha value is -2.77. The molecule has 0 bridgehead atoms. The van der Waals surface area contributed by atoms with Crippen molar-refractivity contribution in [2.24, 2.45) is 5.92 Å². The highest BCUT2D eigenvalue weighted by molar-refractivity contribution is 7.20. The van der Waals surface area contributed by atoms with Crippen molar-refractivity contribution in [1.82, 2.24) is 9.88 Å². The Balaban J connectivity index is 1.18. The summed E-state index contributed by atoms with van der Waals surface area (Å²) >= 11 is 1.50. The van der Waals surface area contributed by atoms with Gasteiger partial charge in [0.2, 0.25) is 0 Å². The molecule has 0 aliphatic carbocycles. The Morgan fingerprint density at radius 1 is 1.10 bits per heavy atom. The molecule has 1 aromatic heterocycles. The Kier molecular flexibility index (Phi) is 6.94. The number of Topliss-reactive ketones (excluding diaryl/α,β-unsaturated/α-hetero) is 1. The second-order valence-electron chi connectivity index (χ2n) is 7.68. The predicted octanol–water partition coefficient (Wildman–Crippen LogP) is 4.45. The molecule has 0 unspecified atom stereocenters. The quantitative estimate of drug-likeness (QED) is 0.294. The molecule has 0 spiro atoms. The van der Waals surface area contributed by atoms with Crippen molar-refractivity contribution in [3.63, 3.8) is 0 Å². The number of benzene rings is 2. The average molecular weight is 439 g/mol. The molecule has 2 heterocycles. The first-order valence-electron chi connectivity index (χ1n) is 10.6. The van der Waals surface area contributed by atoms with E-state index in [9.17, 15) is 9.59 Å². The fourth-order valence-electron chi connectivity index (χ4n) is 3.85. The predicted molar refractivity (Wildman–Crippen MR) is 121 cm³/mol. The Morgan fingerprint density at radius 2 is 1.84 bits per heavy atom. The van der Waals surface area contributed by atoms with Gasteiger partial charge in [-0.2, -0.15) is 0 Å². The number of hydrogen-bond donors (Lipinski definition) is 0. The first-order chi connectivity index (χ1) is 15.1. The third kappa shape index (κ3) is 5.29. The number of para-hydroxylation sites is 1. The number of carbonyl (C=O) groups is 2. The van der Waals surface area contributed by atoms with Crippen LogP contribution in [0.3, 0.4) is 0 Å². The topological polar surface area (TPSA) is 68.7 Å². The molecular formula is C24H26N2O4S.